The molecule has 102 valence electrons. The van der Waals surface area contributed by atoms with Crippen molar-refractivity contribution in [1.82, 2.24) is 10.0 Å². The van der Waals surface area contributed by atoms with Crippen LogP contribution in [0.1, 0.15) is 46.5 Å². The second-order valence-electron chi connectivity index (χ2n) is 5.58. The molecule has 1 saturated carbocycles. The average Bonchev–Trinajstić information content (AvgIpc) is 2.21. The van der Waals surface area contributed by atoms with Gasteiger partial charge in [-0.05, 0) is 24.8 Å². The van der Waals surface area contributed by atoms with Crippen molar-refractivity contribution in [2.75, 3.05) is 18.8 Å². The molecule has 4 nitrogen and oxygen atoms in total. The zero-order chi connectivity index (χ0) is 12.9. The zero-order valence-corrected chi connectivity index (χ0v) is 12.1. The first-order chi connectivity index (χ1) is 7.87. The summed E-state index contributed by atoms with van der Waals surface area (Å²) in [5.74, 6) is 0.174. The zero-order valence-electron chi connectivity index (χ0n) is 11.3. The molecule has 0 bridgehead atoms. The van der Waals surface area contributed by atoms with Crippen LogP contribution in [0.25, 0.3) is 0 Å². The van der Waals surface area contributed by atoms with Gasteiger partial charge in [0.2, 0.25) is 10.0 Å². The number of hydrogen-bond acceptors (Lipinski definition) is 3. The molecular weight excluding hydrogens is 236 g/mol. The molecule has 0 aliphatic heterocycles. The summed E-state index contributed by atoms with van der Waals surface area (Å²) in [5.41, 5.74) is 0.0868. The molecule has 5 heteroatoms. The molecule has 1 aliphatic carbocycles. The molecule has 2 N–H and O–H groups in total. The van der Waals surface area contributed by atoms with Crippen LogP contribution in [0.15, 0.2) is 0 Å². The standard InChI is InChI=1S/C12H26N2O2S/c1-4-13-9-10-17(15,16)14-11-7-5-6-8-12(11,2)3/h11,13-14H,4-10H2,1-3H3. The lowest BCUT2D eigenvalue weighted by Gasteiger charge is -2.38. The highest BCUT2D eigenvalue weighted by Crippen LogP contribution is 2.35. The third kappa shape index (κ3) is 4.94. The van der Waals surface area contributed by atoms with Crippen LogP contribution < -0.4 is 10.0 Å². The van der Waals surface area contributed by atoms with Gasteiger partial charge in [-0.2, -0.15) is 0 Å². The van der Waals surface area contributed by atoms with E-state index in [4.69, 9.17) is 0 Å². The van der Waals surface area contributed by atoms with Gasteiger partial charge in [-0.1, -0.05) is 33.6 Å². The van der Waals surface area contributed by atoms with Crippen LogP contribution in [0, 0.1) is 5.41 Å². The SMILES string of the molecule is CCNCCS(=O)(=O)NC1CCCCC1(C)C. The van der Waals surface area contributed by atoms with Crippen molar-refractivity contribution >= 4 is 10.0 Å². The summed E-state index contributed by atoms with van der Waals surface area (Å²) in [5, 5.41) is 3.04. The fourth-order valence-corrected chi connectivity index (χ4v) is 3.77. The van der Waals surface area contributed by atoms with E-state index >= 15 is 0 Å². The molecule has 0 aromatic heterocycles. The Hall–Kier alpha value is -0.130. The van der Waals surface area contributed by atoms with E-state index in [-0.39, 0.29) is 17.2 Å². The minimum absolute atomic E-state index is 0.0868. The maximum atomic E-state index is 11.9. The molecule has 0 spiro atoms. The minimum Gasteiger partial charge on any atom is -0.316 e. The van der Waals surface area contributed by atoms with E-state index in [9.17, 15) is 8.42 Å². The van der Waals surface area contributed by atoms with Crippen LogP contribution in [0.4, 0.5) is 0 Å². The van der Waals surface area contributed by atoms with E-state index in [1.807, 2.05) is 6.92 Å². The first kappa shape index (κ1) is 14.9. The molecule has 0 aromatic carbocycles. The summed E-state index contributed by atoms with van der Waals surface area (Å²) in [6.45, 7) is 7.63. The quantitative estimate of drug-likeness (QED) is 0.713. The maximum absolute atomic E-state index is 11.9. The Kier molecular flexibility index (Phi) is 5.41. The third-order valence-corrected chi connectivity index (χ3v) is 5.01. The number of sulfonamides is 1. The van der Waals surface area contributed by atoms with Gasteiger partial charge in [0.15, 0.2) is 0 Å². The van der Waals surface area contributed by atoms with Gasteiger partial charge in [-0.25, -0.2) is 13.1 Å². The van der Waals surface area contributed by atoms with E-state index in [0.717, 1.165) is 25.8 Å². The molecule has 0 amide bonds. The number of nitrogens with one attached hydrogen (secondary N) is 2. The van der Waals surface area contributed by atoms with Gasteiger partial charge in [-0.3, -0.25) is 0 Å². The van der Waals surface area contributed by atoms with Crippen LogP contribution in [-0.4, -0.2) is 33.3 Å². The monoisotopic (exact) mass is 262 g/mol. The van der Waals surface area contributed by atoms with Gasteiger partial charge in [0.25, 0.3) is 0 Å². The summed E-state index contributed by atoms with van der Waals surface area (Å²) < 4.78 is 26.7. The predicted molar refractivity (Wildman–Crippen MR) is 71.5 cm³/mol. The number of hydrogen-bond donors (Lipinski definition) is 2. The third-order valence-electron chi connectivity index (χ3n) is 3.63. The van der Waals surface area contributed by atoms with Gasteiger partial charge < -0.3 is 5.32 Å². The number of rotatable bonds is 6. The van der Waals surface area contributed by atoms with Gasteiger partial charge in [0.05, 0.1) is 5.75 Å². The van der Waals surface area contributed by atoms with Crippen molar-refractivity contribution in [3.05, 3.63) is 0 Å². The largest absolute Gasteiger partial charge is 0.316 e. The second kappa shape index (κ2) is 6.16. The Morgan fingerprint density at radius 2 is 2.00 bits per heavy atom. The minimum atomic E-state index is -3.14. The summed E-state index contributed by atoms with van der Waals surface area (Å²) in [7, 11) is -3.14. The van der Waals surface area contributed by atoms with Crippen LogP contribution in [0.5, 0.6) is 0 Å². The lowest BCUT2D eigenvalue weighted by Crippen LogP contribution is -2.48. The Morgan fingerprint density at radius 1 is 1.29 bits per heavy atom. The van der Waals surface area contributed by atoms with Crippen molar-refractivity contribution in [2.45, 2.75) is 52.5 Å². The van der Waals surface area contributed by atoms with Crippen LogP contribution >= 0.6 is 0 Å². The van der Waals surface area contributed by atoms with E-state index in [2.05, 4.69) is 23.9 Å². The Balaban J connectivity index is 2.51. The highest BCUT2D eigenvalue weighted by molar-refractivity contribution is 7.89. The Morgan fingerprint density at radius 3 is 2.59 bits per heavy atom. The maximum Gasteiger partial charge on any atom is 0.213 e. The molecule has 0 heterocycles. The first-order valence-corrected chi connectivity index (χ1v) is 8.23. The van der Waals surface area contributed by atoms with Crippen LogP contribution in [-0.2, 0) is 10.0 Å². The van der Waals surface area contributed by atoms with Gasteiger partial charge in [0, 0.05) is 12.6 Å². The Bertz CT molecular complexity index is 325. The van der Waals surface area contributed by atoms with Crippen molar-refractivity contribution in [1.29, 1.82) is 0 Å². The molecule has 0 aromatic rings. The highest BCUT2D eigenvalue weighted by atomic mass is 32.2. The van der Waals surface area contributed by atoms with Crippen LogP contribution in [0.3, 0.4) is 0 Å². The summed E-state index contributed by atoms with van der Waals surface area (Å²) in [6, 6.07) is 0.0999. The van der Waals surface area contributed by atoms with Crippen molar-refractivity contribution in [3.63, 3.8) is 0 Å². The van der Waals surface area contributed by atoms with Crippen LogP contribution in [0.2, 0.25) is 0 Å². The van der Waals surface area contributed by atoms with E-state index in [1.165, 1.54) is 6.42 Å². The average molecular weight is 262 g/mol. The van der Waals surface area contributed by atoms with E-state index < -0.39 is 10.0 Å². The fourth-order valence-electron chi connectivity index (χ4n) is 2.37. The van der Waals surface area contributed by atoms with Gasteiger partial charge in [0.1, 0.15) is 0 Å². The highest BCUT2D eigenvalue weighted by Gasteiger charge is 2.34. The van der Waals surface area contributed by atoms with Crippen molar-refractivity contribution in [3.8, 4) is 0 Å². The summed E-state index contributed by atoms with van der Waals surface area (Å²) in [4.78, 5) is 0. The van der Waals surface area contributed by atoms with Gasteiger partial charge >= 0.3 is 0 Å². The second-order valence-corrected chi connectivity index (χ2v) is 7.45. The molecule has 1 aliphatic rings. The summed E-state index contributed by atoms with van der Waals surface area (Å²) in [6.07, 6.45) is 4.41. The molecular formula is C12H26N2O2S. The molecule has 1 atom stereocenters. The normalized spacial score (nSPS) is 24.8. The molecule has 17 heavy (non-hydrogen) atoms. The lowest BCUT2D eigenvalue weighted by molar-refractivity contribution is 0.188. The summed E-state index contributed by atoms with van der Waals surface area (Å²) >= 11 is 0. The van der Waals surface area contributed by atoms with Crippen molar-refractivity contribution < 1.29 is 8.42 Å². The molecule has 0 radical (unpaired) electrons. The fraction of sp³-hybridized carbons (Fsp3) is 1.00. The molecule has 1 unspecified atom stereocenters. The van der Waals surface area contributed by atoms with E-state index in [1.54, 1.807) is 0 Å². The topological polar surface area (TPSA) is 58.2 Å². The first-order valence-electron chi connectivity index (χ1n) is 6.58. The lowest BCUT2D eigenvalue weighted by atomic mass is 9.74. The molecule has 0 saturated heterocycles. The van der Waals surface area contributed by atoms with E-state index in [0.29, 0.717) is 6.54 Å². The van der Waals surface area contributed by atoms with Gasteiger partial charge in [-0.15, -0.1) is 0 Å². The predicted octanol–water partition coefficient (Wildman–Crippen LogP) is 1.48. The molecule has 1 fully saturated rings. The smallest absolute Gasteiger partial charge is 0.213 e. The van der Waals surface area contributed by atoms with Crippen molar-refractivity contribution in [2.24, 2.45) is 5.41 Å². The Labute approximate surface area is 106 Å². The molecule has 1 rings (SSSR count).